The Kier molecular flexibility index (Phi) is 10.5. The predicted molar refractivity (Wildman–Crippen MR) is 125 cm³/mol. The van der Waals surface area contributed by atoms with E-state index in [2.05, 4.69) is 57.9 Å². The molecule has 0 aromatic rings. The van der Waals surface area contributed by atoms with Crippen LogP contribution in [0.1, 0.15) is 79.1 Å². The Morgan fingerprint density at radius 2 is 1.12 bits per heavy atom. The molecule has 0 spiro atoms. The van der Waals surface area contributed by atoms with Crippen LogP contribution in [0.4, 0.5) is 0 Å². The second-order valence-electron chi connectivity index (χ2n) is 8.86. The summed E-state index contributed by atoms with van der Waals surface area (Å²) in [5, 5.41) is 5.43. The Morgan fingerprint density at radius 1 is 0.769 bits per heavy atom. The summed E-state index contributed by atoms with van der Waals surface area (Å²) in [7, 11) is 2.44. The summed E-state index contributed by atoms with van der Waals surface area (Å²) >= 11 is -2.78. The van der Waals surface area contributed by atoms with Crippen LogP contribution in [-0.2, 0) is 14.0 Å². The van der Waals surface area contributed by atoms with Gasteiger partial charge in [-0.2, -0.15) is 0 Å². The van der Waals surface area contributed by atoms with Crippen molar-refractivity contribution >= 4 is 32.4 Å². The largest absolute Gasteiger partial charge is 0.147 e. The quantitative estimate of drug-likeness (QED) is 0.331. The fourth-order valence-electron chi connectivity index (χ4n) is 4.67. The van der Waals surface area contributed by atoms with E-state index in [1.807, 2.05) is 7.76 Å². The van der Waals surface area contributed by atoms with Crippen LogP contribution < -0.4 is 0 Å². The standard InChI is InChI=1S/2C10H15.2CH3.2ClH.H2Si.Ti/c2*1-3-5-10-7-6-9(4-2)8-10;;;;;;/h2*8H,3-6H2,1-2H3;2*1H3;2*1H;1H2;. The summed E-state index contributed by atoms with van der Waals surface area (Å²) in [6.07, 6.45) is 15.3. The van der Waals surface area contributed by atoms with Gasteiger partial charge in [-0.15, -0.1) is 24.8 Å². The molecule has 2 aliphatic rings. The van der Waals surface area contributed by atoms with Gasteiger partial charge in [-0.25, -0.2) is 0 Å². The van der Waals surface area contributed by atoms with Crippen LogP contribution in [0.15, 0.2) is 42.2 Å². The second kappa shape index (κ2) is 10.3. The molecule has 0 unspecified atom stereocenters. The predicted octanol–water partition coefficient (Wildman–Crippen LogP) is 7.75. The van der Waals surface area contributed by atoms with Crippen LogP contribution in [-0.4, -0.2) is 7.63 Å². The maximum absolute atomic E-state index is 2.78. The smallest absolute Gasteiger partial charge is 0.147 e. The summed E-state index contributed by atoms with van der Waals surface area (Å²) in [6, 6.07) is 0. The number of hydrogen-bond donors (Lipinski definition) is 0. The summed E-state index contributed by atoms with van der Waals surface area (Å²) in [5.41, 5.74) is 6.80. The minimum absolute atomic E-state index is 0. The molecule has 0 saturated carbocycles. The minimum atomic E-state index is -2.78. The van der Waals surface area contributed by atoms with Gasteiger partial charge in [0.1, 0.15) is 0 Å². The van der Waals surface area contributed by atoms with Gasteiger partial charge in [-0.3, -0.25) is 0 Å². The van der Waals surface area contributed by atoms with Crippen molar-refractivity contribution in [3.8, 4) is 0 Å². The van der Waals surface area contributed by atoms with E-state index in [-0.39, 0.29) is 24.8 Å². The molecule has 0 heterocycles. The second-order valence-corrected chi connectivity index (χ2v) is 27.9. The molecule has 0 saturated heterocycles. The van der Waals surface area contributed by atoms with Crippen molar-refractivity contribution in [3.05, 3.63) is 42.2 Å². The Hall–Kier alpha value is 0.471. The molecule has 0 bridgehead atoms. The summed E-state index contributed by atoms with van der Waals surface area (Å²) in [5.74, 6) is 0. The van der Waals surface area contributed by atoms with E-state index in [1.54, 1.807) is 22.3 Å². The number of allylic oxidation sites excluding steroid dienone is 8. The first-order valence-electron chi connectivity index (χ1n) is 10.2. The maximum Gasteiger partial charge on any atom is -0.147 e. The van der Waals surface area contributed by atoms with Crippen LogP contribution >= 0.6 is 24.8 Å². The minimum Gasteiger partial charge on any atom is -0.147 e. The van der Waals surface area contributed by atoms with Gasteiger partial charge in [0.15, 0.2) is 0 Å². The third-order valence-electron chi connectivity index (χ3n) is 6.22. The Balaban J connectivity index is 0.00000312. The summed E-state index contributed by atoms with van der Waals surface area (Å²) in [6.45, 7) is 9.33. The van der Waals surface area contributed by atoms with Gasteiger partial charge < -0.3 is 0 Å². The molecular weight excluding hydrogens is 411 g/mol. The fraction of sp³-hybridized carbons (Fsp3) is 0.636. The normalized spacial score (nSPS) is 17.8. The van der Waals surface area contributed by atoms with E-state index >= 15 is 0 Å². The van der Waals surface area contributed by atoms with E-state index < -0.39 is 14.0 Å². The van der Waals surface area contributed by atoms with Crippen molar-refractivity contribution < 1.29 is 14.0 Å². The van der Waals surface area contributed by atoms with Gasteiger partial charge >= 0.3 is 153 Å². The van der Waals surface area contributed by atoms with Crippen molar-refractivity contribution in [2.45, 2.75) is 89.5 Å². The van der Waals surface area contributed by atoms with Crippen molar-refractivity contribution in [1.82, 2.24) is 0 Å². The molecule has 0 aliphatic heterocycles. The maximum atomic E-state index is 2.71. The molecule has 0 fully saturated rings. The molecule has 0 atom stereocenters. The van der Waals surface area contributed by atoms with Crippen molar-refractivity contribution in [2.24, 2.45) is 0 Å². The van der Waals surface area contributed by atoms with Crippen LogP contribution in [0.2, 0.25) is 10.5 Å². The van der Waals surface area contributed by atoms with Gasteiger partial charge in [0.2, 0.25) is 0 Å². The van der Waals surface area contributed by atoms with Crippen LogP contribution in [0.3, 0.4) is 0 Å². The number of halogens is 2. The summed E-state index contributed by atoms with van der Waals surface area (Å²) in [4.78, 5) is 0. The van der Waals surface area contributed by atoms with Gasteiger partial charge in [-0.1, -0.05) is 0 Å². The van der Waals surface area contributed by atoms with Crippen molar-refractivity contribution in [1.29, 1.82) is 0 Å². The van der Waals surface area contributed by atoms with Crippen LogP contribution in [0, 0.1) is 0 Å². The van der Waals surface area contributed by atoms with E-state index in [9.17, 15) is 0 Å². The molecule has 0 nitrogen and oxygen atoms in total. The average molecular weight is 451 g/mol. The zero-order chi connectivity index (χ0) is 18.0. The van der Waals surface area contributed by atoms with E-state index in [4.69, 9.17) is 0 Å². The van der Waals surface area contributed by atoms with Crippen LogP contribution in [0.5, 0.6) is 0 Å². The first-order chi connectivity index (χ1) is 11.3. The molecule has 0 aromatic carbocycles. The number of rotatable bonds is 8. The van der Waals surface area contributed by atoms with Crippen molar-refractivity contribution in [3.63, 3.8) is 0 Å². The SMILES string of the molecule is CCCC1=[C]([Ti]([CH3])([CH3])(=[SiH2])[C]2=C(CCC)C=C(CC)C2)CC(CC)=C1.Cl.Cl. The monoisotopic (exact) mass is 450 g/mol. The van der Waals surface area contributed by atoms with Gasteiger partial charge in [0, 0.05) is 0 Å². The Bertz CT molecular complexity index is 648. The molecule has 0 N–H and O–H groups in total. The first-order valence-corrected chi connectivity index (χ1v) is 18.9. The van der Waals surface area contributed by atoms with E-state index in [0.717, 1.165) is 0 Å². The van der Waals surface area contributed by atoms with E-state index in [0.29, 0.717) is 0 Å². The molecular formula is C22H40Cl2SiTi. The topological polar surface area (TPSA) is 0 Å². The van der Waals surface area contributed by atoms with Crippen LogP contribution in [0.25, 0.3) is 0 Å². The average Bonchev–Trinajstić information content (AvgIpc) is 3.12. The third-order valence-corrected chi connectivity index (χ3v) is 17.3. The fourth-order valence-corrected chi connectivity index (χ4v) is 14.5. The van der Waals surface area contributed by atoms with Gasteiger partial charge in [0.05, 0.1) is 0 Å². The Labute approximate surface area is 177 Å². The molecule has 4 heteroatoms. The zero-order valence-electron chi connectivity index (χ0n) is 17.8. The molecule has 2 rings (SSSR count). The first kappa shape index (κ1) is 26.5. The molecule has 150 valence electrons. The van der Waals surface area contributed by atoms with Crippen molar-refractivity contribution in [2.75, 3.05) is 0 Å². The van der Waals surface area contributed by atoms with Gasteiger partial charge in [0.25, 0.3) is 0 Å². The van der Waals surface area contributed by atoms with E-state index in [1.165, 1.54) is 51.4 Å². The summed E-state index contributed by atoms with van der Waals surface area (Å²) < 4.78 is 3.80. The molecule has 2 aliphatic carbocycles. The Morgan fingerprint density at radius 3 is 1.38 bits per heavy atom. The third kappa shape index (κ3) is 5.29. The zero-order valence-corrected chi connectivity index (χ0v) is 22.4. The number of hydrogen-bond acceptors (Lipinski definition) is 0. The molecule has 0 radical (unpaired) electrons. The van der Waals surface area contributed by atoms with Gasteiger partial charge in [-0.05, 0) is 0 Å². The molecule has 0 amide bonds. The molecule has 0 aromatic heterocycles. The molecule has 26 heavy (non-hydrogen) atoms.